The monoisotopic (exact) mass is 493 g/mol. The number of fused-ring (bicyclic) bond motifs is 5. The van der Waals surface area contributed by atoms with Crippen molar-refractivity contribution in [3.63, 3.8) is 0 Å². The zero-order chi connectivity index (χ0) is 18.8. The van der Waals surface area contributed by atoms with Crippen molar-refractivity contribution < 1.29 is 21.7 Å². The number of hydrogen-bond donors (Lipinski definition) is 0. The Balaban J connectivity index is 0.000000907. The smallest absolute Gasteiger partial charge is 0.656 e. The normalized spacial score (nSPS) is 25.8. The van der Waals surface area contributed by atoms with Gasteiger partial charge < -0.3 is 27.6 Å². The summed E-state index contributed by atoms with van der Waals surface area (Å²) in [4.78, 5) is 4.06. The summed E-state index contributed by atoms with van der Waals surface area (Å²) in [5.41, 5.74) is 5.35. The van der Waals surface area contributed by atoms with E-state index in [1.807, 2.05) is 11.8 Å². The molecule has 0 amide bonds. The summed E-state index contributed by atoms with van der Waals surface area (Å²) in [5, 5.41) is 5.76. The van der Waals surface area contributed by atoms with Gasteiger partial charge in [0.15, 0.2) is 0 Å². The largest absolute Gasteiger partial charge is 4.00 e. The van der Waals surface area contributed by atoms with E-state index in [4.69, 9.17) is 5.32 Å². The summed E-state index contributed by atoms with van der Waals surface area (Å²) in [6, 6.07) is 24.4. The Morgan fingerprint density at radius 2 is 1.22 bits per heavy atom. The Kier molecular flexibility index (Phi) is 8.84. The third-order valence-electron chi connectivity index (χ3n) is 6.92. The molecule has 1 fully saturated rings. The minimum absolute atomic E-state index is 0. The summed E-state index contributed by atoms with van der Waals surface area (Å²) >= 11 is 3.97. The van der Waals surface area contributed by atoms with Crippen LogP contribution in [0.4, 0.5) is 11.4 Å². The second-order valence-corrected chi connectivity index (χ2v) is 10.6. The Hall–Kier alpha value is -1.13. The molecule has 0 radical (unpaired) electrons. The molecule has 3 aromatic carbocycles. The predicted molar refractivity (Wildman–Crippen MR) is 139 cm³/mol. The van der Waals surface area contributed by atoms with E-state index in [9.17, 15) is 0 Å². The number of nitrogens with zero attached hydrogens (tertiary/aromatic N) is 1. The number of thioether (sulfide) groups is 1. The number of hydrogen-bond acceptors (Lipinski definition) is 2. The first-order valence-electron chi connectivity index (χ1n) is 10.1. The number of rotatable bonds is 1. The van der Waals surface area contributed by atoms with Gasteiger partial charge in [-0.2, -0.15) is 0 Å². The molecular weight excluding hydrogens is 462 g/mol. The van der Waals surface area contributed by atoms with Crippen LogP contribution in [-0.4, -0.2) is 5.25 Å². The van der Waals surface area contributed by atoms with E-state index in [1.165, 1.54) is 25.9 Å². The Labute approximate surface area is 218 Å². The van der Waals surface area contributed by atoms with E-state index in [0.29, 0.717) is 28.9 Å². The maximum Gasteiger partial charge on any atom is 4.00 e. The molecule has 1 aliphatic carbocycles. The molecule has 0 saturated heterocycles. The average molecular weight is 494 g/mol. The summed E-state index contributed by atoms with van der Waals surface area (Å²) in [7, 11) is 0. The van der Waals surface area contributed by atoms with Crippen molar-refractivity contribution in [2.24, 2.45) is 11.8 Å². The topological polar surface area (TPSA) is 14.1 Å². The van der Waals surface area contributed by atoms with Gasteiger partial charge in [0.2, 0.25) is 0 Å². The molecule has 2 heterocycles. The first kappa shape index (κ1) is 27.1. The van der Waals surface area contributed by atoms with E-state index in [0.717, 1.165) is 5.69 Å². The van der Waals surface area contributed by atoms with E-state index in [-0.39, 0.29) is 44.0 Å². The fourth-order valence-electron chi connectivity index (χ4n) is 5.44. The second kappa shape index (κ2) is 10.4. The van der Waals surface area contributed by atoms with Crippen LogP contribution in [-0.2, 0) is 21.7 Å². The van der Waals surface area contributed by atoms with Crippen LogP contribution >= 0.6 is 23.5 Å². The molecule has 0 spiro atoms. The molecule has 2 aliphatic heterocycles. The molecule has 0 aromatic heterocycles. The molecular formula is C28H31NS2Ti. The standard InChI is InChI=1S/C25H22NS2.3CH3.Ti/c1-14-15(2)23(25-22(14)16-8-3-5-11-19(16)28-25)17-9-7-13-21-24(17)26-18-10-4-6-12-20(18)27-21;;;;/h3-15,22-23,25H,1-2H3;3*1H3;/q4*-1;+4. The molecule has 5 unspecified atom stereocenters. The maximum atomic E-state index is 5.15. The molecule has 1 saturated carbocycles. The summed E-state index contributed by atoms with van der Waals surface area (Å²) in [6.45, 7) is 4.92. The van der Waals surface area contributed by atoms with Crippen molar-refractivity contribution in [3.8, 4) is 0 Å². The van der Waals surface area contributed by atoms with Crippen LogP contribution in [0.1, 0.15) is 36.8 Å². The van der Waals surface area contributed by atoms with Crippen molar-refractivity contribution in [2.45, 2.75) is 45.6 Å². The molecule has 32 heavy (non-hydrogen) atoms. The fraction of sp³-hybridized carbons (Fsp3) is 0.250. The number of para-hydroxylation sites is 2. The zero-order valence-electron chi connectivity index (χ0n) is 19.5. The third-order valence-corrected chi connectivity index (χ3v) is 9.52. The van der Waals surface area contributed by atoms with Crippen LogP contribution in [0.5, 0.6) is 0 Å². The van der Waals surface area contributed by atoms with Gasteiger partial charge in [-0.1, -0.05) is 79.7 Å². The second-order valence-electron chi connectivity index (χ2n) is 8.27. The fourth-order valence-corrected chi connectivity index (χ4v) is 8.32. The van der Waals surface area contributed by atoms with Crippen molar-refractivity contribution in [1.29, 1.82) is 0 Å². The van der Waals surface area contributed by atoms with Crippen LogP contribution in [0.2, 0.25) is 0 Å². The molecule has 5 atom stereocenters. The molecule has 164 valence electrons. The first-order chi connectivity index (χ1) is 13.7. The van der Waals surface area contributed by atoms with Crippen molar-refractivity contribution in [2.75, 3.05) is 0 Å². The van der Waals surface area contributed by atoms with Crippen LogP contribution in [0, 0.1) is 34.1 Å². The third kappa shape index (κ3) is 4.00. The van der Waals surface area contributed by atoms with Gasteiger partial charge in [0.1, 0.15) is 0 Å². The van der Waals surface area contributed by atoms with Crippen molar-refractivity contribution in [3.05, 3.63) is 105 Å². The van der Waals surface area contributed by atoms with Gasteiger partial charge in [0.05, 0.1) is 0 Å². The molecule has 0 N–H and O–H groups in total. The molecule has 3 aliphatic rings. The Bertz CT molecular complexity index is 1080. The number of benzene rings is 3. The van der Waals surface area contributed by atoms with E-state index >= 15 is 0 Å². The quantitative estimate of drug-likeness (QED) is 0.194. The van der Waals surface area contributed by atoms with Gasteiger partial charge in [-0.25, -0.2) is 0 Å². The average Bonchev–Trinajstić information content (AvgIpc) is 3.21. The van der Waals surface area contributed by atoms with Crippen LogP contribution < -0.4 is 0 Å². The molecule has 4 heteroatoms. The van der Waals surface area contributed by atoms with Gasteiger partial charge in [-0.15, -0.1) is 23.1 Å². The zero-order valence-corrected chi connectivity index (χ0v) is 22.7. The van der Waals surface area contributed by atoms with Crippen LogP contribution in [0.3, 0.4) is 0 Å². The first-order valence-corrected chi connectivity index (χ1v) is 11.8. The van der Waals surface area contributed by atoms with Crippen molar-refractivity contribution in [1.82, 2.24) is 0 Å². The van der Waals surface area contributed by atoms with Gasteiger partial charge in [0.25, 0.3) is 0 Å². The maximum absolute atomic E-state index is 5.15. The molecule has 6 rings (SSSR count). The predicted octanol–water partition coefficient (Wildman–Crippen LogP) is 9.46. The summed E-state index contributed by atoms with van der Waals surface area (Å²) in [6.07, 6.45) is 0. The van der Waals surface area contributed by atoms with E-state index in [1.54, 1.807) is 5.56 Å². The van der Waals surface area contributed by atoms with Gasteiger partial charge >= 0.3 is 21.7 Å². The molecule has 1 nitrogen and oxygen atoms in total. The minimum atomic E-state index is 0. The van der Waals surface area contributed by atoms with Crippen molar-refractivity contribution >= 4 is 34.9 Å². The molecule has 3 aromatic rings. The minimum Gasteiger partial charge on any atom is -0.656 e. The SMILES string of the molecule is CC1C(C)C(c2cccc3c2[N-]c2ccccc2S3)C2Sc3ccccc3C12.[CH3-].[CH3-].[CH3-].[Ti+4]. The van der Waals surface area contributed by atoms with Gasteiger partial charge in [-0.05, 0) is 51.3 Å². The van der Waals surface area contributed by atoms with Crippen LogP contribution in [0.25, 0.3) is 5.32 Å². The Morgan fingerprint density at radius 1 is 0.656 bits per heavy atom. The Morgan fingerprint density at radius 3 is 1.97 bits per heavy atom. The summed E-state index contributed by atoms with van der Waals surface area (Å²) < 4.78 is 0. The van der Waals surface area contributed by atoms with E-state index in [2.05, 4.69) is 92.3 Å². The summed E-state index contributed by atoms with van der Waals surface area (Å²) in [5.74, 6) is 2.54. The van der Waals surface area contributed by atoms with Gasteiger partial charge in [-0.3, -0.25) is 0 Å². The molecule has 0 bridgehead atoms. The van der Waals surface area contributed by atoms with E-state index < -0.39 is 0 Å². The van der Waals surface area contributed by atoms with Gasteiger partial charge in [0, 0.05) is 16.1 Å². The van der Waals surface area contributed by atoms with Crippen LogP contribution in [0.15, 0.2) is 81.4 Å².